The van der Waals surface area contributed by atoms with Gasteiger partial charge in [-0.15, -0.1) is 0 Å². The normalized spacial score (nSPS) is 10.4. The summed E-state index contributed by atoms with van der Waals surface area (Å²) in [5.74, 6) is 0.383. The minimum atomic E-state index is -0.645. The Morgan fingerprint density at radius 2 is 1.77 bits per heavy atom. The SMILES string of the molecule is COc1cc(OC)cc(C(=O)NCC(=O)OCc2nc(-c3ccccc3C)no2)c1. The average Bonchev–Trinajstić information content (AvgIpc) is 3.24. The van der Waals surface area contributed by atoms with Crippen LogP contribution in [0.1, 0.15) is 21.8 Å². The van der Waals surface area contributed by atoms with Gasteiger partial charge in [0.15, 0.2) is 6.61 Å². The molecular weight excluding hydrogens is 390 g/mol. The largest absolute Gasteiger partial charge is 0.497 e. The van der Waals surface area contributed by atoms with Crippen LogP contribution in [0.25, 0.3) is 11.4 Å². The molecule has 0 aliphatic heterocycles. The number of carbonyl (C=O) groups is 2. The highest BCUT2D eigenvalue weighted by atomic mass is 16.6. The van der Waals surface area contributed by atoms with E-state index >= 15 is 0 Å². The molecule has 0 unspecified atom stereocenters. The predicted molar refractivity (Wildman–Crippen MR) is 106 cm³/mol. The Kier molecular flexibility index (Phi) is 6.63. The third kappa shape index (κ3) is 5.13. The summed E-state index contributed by atoms with van der Waals surface area (Å²) in [5, 5.41) is 6.39. The number of hydrogen-bond donors (Lipinski definition) is 1. The van der Waals surface area contributed by atoms with Gasteiger partial charge in [0.2, 0.25) is 5.82 Å². The van der Waals surface area contributed by atoms with E-state index in [1.807, 2.05) is 31.2 Å². The first-order chi connectivity index (χ1) is 14.5. The van der Waals surface area contributed by atoms with Crippen LogP contribution in [-0.4, -0.2) is 42.8 Å². The van der Waals surface area contributed by atoms with Gasteiger partial charge in [-0.05, 0) is 24.6 Å². The molecule has 1 N–H and O–H groups in total. The lowest BCUT2D eigenvalue weighted by Crippen LogP contribution is -2.30. The number of methoxy groups -OCH3 is 2. The monoisotopic (exact) mass is 411 g/mol. The van der Waals surface area contributed by atoms with Crippen LogP contribution in [0, 0.1) is 6.92 Å². The number of hydrogen-bond acceptors (Lipinski definition) is 8. The molecule has 1 heterocycles. The van der Waals surface area contributed by atoms with Crippen LogP contribution in [0.5, 0.6) is 11.5 Å². The summed E-state index contributed by atoms with van der Waals surface area (Å²) in [7, 11) is 2.96. The quantitative estimate of drug-likeness (QED) is 0.563. The molecule has 30 heavy (non-hydrogen) atoms. The third-order valence-corrected chi connectivity index (χ3v) is 4.22. The fraction of sp³-hybridized carbons (Fsp3) is 0.238. The number of carbonyl (C=O) groups excluding carboxylic acids is 2. The molecule has 0 saturated carbocycles. The molecule has 9 heteroatoms. The second-order valence-electron chi connectivity index (χ2n) is 6.27. The molecule has 0 fully saturated rings. The number of amides is 1. The zero-order chi connectivity index (χ0) is 21.5. The van der Waals surface area contributed by atoms with Gasteiger partial charge >= 0.3 is 5.97 Å². The van der Waals surface area contributed by atoms with Crippen molar-refractivity contribution in [1.29, 1.82) is 0 Å². The number of rotatable bonds is 8. The Morgan fingerprint density at radius 1 is 1.07 bits per heavy atom. The first kappa shape index (κ1) is 20.8. The summed E-state index contributed by atoms with van der Waals surface area (Å²) in [4.78, 5) is 28.5. The molecule has 0 aliphatic rings. The Hall–Kier alpha value is -3.88. The van der Waals surface area contributed by atoms with Crippen LogP contribution in [-0.2, 0) is 16.1 Å². The lowest BCUT2D eigenvalue weighted by molar-refractivity contribution is -0.144. The zero-order valence-electron chi connectivity index (χ0n) is 16.8. The van der Waals surface area contributed by atoms with Crippen molar-refractivity contribution in [2.75, 3.05) is 20.8 Å². The zero-order valence-corrected chi connectivity index (χ0v) is 16.8. The van der Waals surface area contributed by atoms with E-state index in [1.54, 1.807) is 6.07 Å². The van der Waals surface area contributed by atoms with Gasteiger partial charge in [0.25, 0.3) is 11.8 Å². The smallest absolute Gasteiger partial charge is 0.325 e. The molecule has 0 saturated heterocycles. The van der Waals surface area contributed by atoms with Gasteiger partial charge in [-0.3, -0.25) is 9.59 Å². The van der Waals surface area contributed by atoms with E-state index in [2.05, 4.69) is 15.5 Å². The highest BCUT2D eigenvalue weighted by Crippen LogP contribution is 2.22. The van der Waals surface area contributed by atoms with Gasteiger partial charge in [-0.1, -0.05) is 29.4 Å². The maximum absolute atomic E-state index is 12.3. The molecule has 0 atom stereocenters. The molecule has 0 bridgehead atoms. The van der Waals surface area contributed by atoms with Crippen molar-refractivity contribution < 1.29 is 28.3 Å². The van der Waals surface area contributed by atoms with E-state index in [-0.39, 0.29) is 19.0 Å². The van der Waals surface area contributed by atoms with Crippen molar-refractivity contribution in [1.82, 2.24) is 15.5 Å². The molecule has 0 radical (unpaired) electrons. The van der Waals surface area contributed by atoms with Gasteiger partial charge in [0.1, 0.15) is 18.0 Å². The molecule has 0 spiro atoms. The molecule has 156 valence electrons. The van der Waals surface area contributed by atoms with Gasteiger partial charge in [0.05, 0.1) is 14.2 Å². The molecule has 2 aromatic carbocycles. The van der Waals surface area contributed by atoms with Gasteiger partial charge in [-0.25, -0.2) is 0 Å². The summed E-state index contributed by atoms with van der Waals surface area (Å²) in [6, 6.07) is 12.3. The molecule has 1 aromatic heterocycles. The van der Waals surface area contributed by atoms with E-state index < -0.39 is 11.9 Å². The van der Waals surface area contributed by atoms with Crippen molar-refractivity contribution in [3.63, 3.8) is 0 Å². The number of nitrogens with one attached hydrogen (secondary N) is 1. The fourth-order valence-corrected chi connectivity index (χ4v) is 2.63. The summed E-state index contributed by atoms with van der Waals surface area (Å²) in [6.07, 6.45) is 0. The molecule has 1 amide bonds. The van der Waals surface area contributed by atoms with Crippen LogP contribution in [0.15, 0.2) is 47.0 Å². The third-order valence-electron chi connectivity index (χ3n) is 4.22. The van der Waals surface area contributed by atoms with Crippen molar-refractivity contribution in [2.24, 2.45) is 0 Å². The van der Waals surface area contributed by atoms with Crippen LogP contribution >= 0.6 is 0 Å². The summed E-state index contributed by atoms with van der Waals surface area (Å²) in [5.41, 5.74) is 2.12. The van der Waals surface area contributed by atoms with Crippen LogP contribution in [0.4, 0.5) is 0 Å². The fourth-order valence-electron chi connectivity index (χ4n) is 2.63. The highest BCUT2D eigenvalue weighted by molar-refractivity contribution is 5.96. The minimum Gasteiger partial charge on any atom is -0.497 e. The van der Waals surface area contributed by atoms with Crippen molar-refractivity contribution in [3.05, 3.63) is 59.5 Å². The second-order valence-corrected chi connectivity index (χ2v) is 6.27. The van der Waals surface area contributed by atoms with E-state index in [0.717, 1.165) is 11.1 Å². The topological polar surface area (TPSA) is 113 Å². The van der Waals surface area contributed by atoms with Gasteiger partial charge in [-0.2, -0.15) is 4.98 Å². The maximum Gasteiger partial charge on any atom is 0.325 e. The minimum absolute atomic E-state index is 0.158. The van der Waals surface area contributed by atoms with E-state index in [4.69, 9.17) is 18.7 Å². The first-order valence-corrected chi connectivity index (χ1v) is 9.05. The molecule has 3 aromatic rings. The van der Waals surface area contributed by atoms with E-state index in [0.29, 0.717) is 22.9 Å². The number of benzene rings is 2. The van der Waals surface area contributed by atoms with Crippen molar-refractivity contribution >= 4 is 11.9 Å². The van der Waals surface area contributed by atoms with Crippen LogP contribution in [0.3, 0.4) is 0 Å². The standard InChI is InChI=1S/C21H21N3O6/c1-13-6-4-5-7-17(13)20-23-18(30-24-20)12-29-19(25)11-22-21(26)14-8-15(27-2)10-16(9-14)28-3/h4-10H,11-12H2,1-3H3,(H,22,26). The van der Waals surface area contributed by atoms with Gasteiger partial charge in [0, 0.05) is 17.2 Å². The summed E-state index contributed by atoms with van der Waals surface area (Å²) >= 11 is 0. The number of esters is 1. The Balaban J connectivity index is 1.52. The Morgan fingerprint density at radius 3 is 2.43 bits per heavy atom. The predicted octanol–water partition coefficient (Wildman–Crippen LogP) is 2.54. The number of nitrogens with zero attached hydrogens (tertiary/aromatic N) is 2. The number of aromatic nitrogens is 2. The first-order valence-electron chi connectivity index (χ1n) is 9.05. The van der Waals surface area contributed by atoms with E-state index in [1.165, 1.54) is 26.4 Å². The lowest BCUT2D eigenvalue weighted by Gasteiger charge is -2.09. The Labute approximate surface area is 172 Å². The van der Waals surface area contributed by atoms with Crippen molar-refractivity contribution in [3.8, 4) is 22.9 Å². The number of ether oxygens (including phenoxy) is 3. The second kappa shape index (κ2) is 9.55. The average molecular weight is 411 g/mol. The molecular formula is C21H21N3O6. The van der Waals surface area contributed by atoms with Gasteiger partial charge < -0.3 is 24.1 Å². The maximum atomic E-state index is 12.3. The molecule has 9 nitrogen and oxygen atoms in total. The van der Waals surface area contributed by atoms with E-state index in [9.17, 15) is 9.59 Å². The summed E-state index contributed by atoms with van der Waals surface area (Å²) < 4.78 is 20.5. The van der Waals surface area contributed by atoms with Crippen molar-refractivity contribution in [2.45, 2.75) is 13.5 Å². The summed E-state index contributed by atoms with van der Waals surface area (Å²) in [6.45, 7) is 1.42. The highest BCUT2D eigenvalue weighted by Gasteiger charge is 2.14. The molecule has 0 aliphatic carbocycles. The van der Waals surface area contributed by atoms with Crippen LogP contribution in [0.2, 0.25) is 0 Å². The number of aryl methyl sites for hydroxylation is 1. The Bertz CT molecular complexity index is 1020. The van der Waals surface area contributed by atoms with Crippen LogP contribution < -0.4 is 14.8 Å². The molecule has 3 rings (SSSR count). The lowest BCUT2D eigenvalue weighted by atomic mass is 10.1.